The topological polar surface area (TPSA) is 46.2 Å². The van der Waals surface area contributed by atoms with Crippen LogP contribution in [0.3, 0.4) is 0 Å². The van der Waals surface area contributed by atoms with Gasteiger partial charge in [0.1, 0.15) is 0 Å². The molecule has 0 aromatic heterocycles. The number of rotatable bonds is 3. The molecule has 0 radical (unpaired) electrons. The summed E-state index contributed by atoms with van der Waals surface area (Å²) in [5.41, 5.74) is 0.947. The van der Waals surface area contributed by atoms with Gasteiger partial charge in [-0.3, -0.25) is 0 Å². The van der Waals surface area contributed by atoms with E-state index in [0.29, 0.717) is 4.90 Å². The Labute approximate surface area is 114 Å². The molecule has 1 aromatic carbocycles. The molecule has 0 spiro atoms. The van der Waals surface area contributed by atoms with E-state index in [9.17, 15) is 8.42 Å². The van der Waals surface area contributed by atoms with Gasteiger partial charge in [-0.1, -0.05) is 12.1 Å². The lowest BCUT2D eigenvalue weighted by Gasteiger charge is -2.25. The summed E-state index contributed by atoms with van der Waals surface area (Å²) in [4.78, 5) is 0.343. The number of halogens is 1. The molecule has 100 valence electrons. The monoisotopic (exact) mass is 287 g/mol. The van der Waals surface area contributed by atoms with Crippen molar-refractivity contribution in [3.05, 3.63) is 29.8 Å². The lowest BCUT2D eigenvalue weighted by atomic mass is 9.96. The van der Waals surface area contributed by atoms with E-state index < -0.39 is 10.0 Å². The van der Waals surface area contributed by atoms with Crippen LogP contribution in [-0.4, -0.2) is 19.8 Å². The highest BCUT2D eigenvalue weighted by atomic mass is 35.5. The molecule has 0 aliphatic heterocycles. The van der Waals surface area contributed by atoms with Crippen molar-refractivity contribution in [3.63, 3.8) is 0 Å². The van der Waals surface area contributed by atoms with Crippen molar-refractivity contribution in [2.45, 2.75) is 48.9 Å². The second-order valence-electron chi connectivity index (χ2n) is 4.89. The highest BCUT2D eigenvalue weighted by Gasteiger charge is 2.24. The fraction of sp³-hybridized carbons (Fsp3) is 0.538. The number of alkyl halides is 1. The molecule has 0 bridgehead atoms. The molecule has 2 rings (SSSR count). The van der Waals surface area contributed by atoms with Crippen molar-refractivity contribution in [1.82, 2.24) is 4.72 Å². The highest BCUT2D eigenvalue weighted by molar-refractivity contribution is 7.89. The Kier molecular flexibility index (Phi) is 4.30. The van der Waals surface area contributed by atoms with E-state index in [0.717, 1.165) is 31.2 Å². The standard InChI is InChI=1S/C13H18ClNO2S/c1-10-3-2-4-13(9-10)18(16,17)15-12-7-5-11(14)6-8-12/h2-4,9,11-12,15H,5-8H2,1H3. The lowest BCUT2D eigenvalue weighted by Crippen LogP contribution is -2.37. The summed E-state index contributed by atoms with van der Waals surface area (Å²) in [6.07, 6.45) is 3.39. The second-order valence-corrected chi connectivity index (χ2v) is 7.22. The zero-order valence-corrected chi connectivity index (χ0v) is 12.0. The normalized spacial score (nSPS) is 25.0. The van der Waals surface area contributed by atoms with Gasteiger partial charge in [0.2, 0.25) is 10.0 Å². The van der Waals surface area contributed by atoms with Crippen LogP contribution < -0.4 is 4.72 Å². The van der Waals surface area contributed by atoms with E-state index in [4.69, 9.17) is 11.6 Å². The van der Waals surface area contributed by atoms with Gasteiger partial charge in [0.05, 0.1) is 4.90 Å². The van der Waals surface area contributed by atoms with Gasteiger partial charge < -0.3 is 0 Å². The maximum Gasteiger partial charge on any atom is 0.240 e. The van der Waals surface area contributed by atoms with Gasteiger partial charge in [0.15, 0.2) is 0 Å². The summed E-state index contributed by atoms with van der Waals surface area (Å²) in [5, 5.41) is 0.199. The molecule has 1 fully saturated rings. The van der Waals surface area contributed by atoms with E-state index in [1.54, 1.807) is 18.2 Å². The number of hydrogen-bond donors (Lipinski definition) is 1. The van der Waals surface area contributed by atoms with Crippen LogP contribution >= 0.6 is 11.6 Å². The minimum Gasteiger partial charge on any atom is -0.208 e. The first-order valence-corrected chi connectivity index (χ1v) is 8.12. The third-order valence-electron chi connectivity index (χ3n) is 3.28. The Balaban J connectivity index is 2.08. The molecular formula is C13H18ClNO2S. The Morgan fingerprint density at radius 2 is 1.89 bits per heavy atom. The van der Waals surface area contributed by atoms with Gasteiger partial charge in [0, 0.05) is 11.4 Å². The number of hydrogen-bond acceptors (Lipinski definition) is 2. The molecule has 18 heavy (non-hydrogen) atoms. The van der Waals surface area contributed by atoms with Crippen molar-refractivity contribution in [2.75, 3.05) is 0 Å². The Bertz CT molecular complexity index is 507. The number of nitrogens with one attached hydrogen (secondary N) is 1. The van der Waals surface area contributed by atoms with Gasteiger partial charge in [-0.05, 0) is 50.3 Å². The van der Waals surface area contributed by atoms with Crippen LogP contribution in [0, 0.1) is 6.92 Å². The zero-order chi connectivity index (χ0) is 13.2. The smallest absolute Gasteiger partial charge is 0.208 e. The maximum atomic E-state index is 12.2. The predicted molar refractivity (Wildman–Crippen MR) is 73.4 cm³/mol. The molecule has 1 N–H and O–H groups in total. The molecule has 0 atom stereocenters. The van der Waals surface area contributed by atoms with Crippen LogP contribution in [0.4, 0.5) is 0 Å². The summed E-state index contributed by atoms with van der Waals surface area (Å²) in [5.74, 6) is 0. The Morgan fingerprint density at radius 3 is 2.50 bits per heavy atom. The van der Waals surface area contributed by atoms with Crippen LogP contribution in [0.2, 0.25) is 0 Å². The molecule has 0 heterocycles. The fourth-order valence-electron chi connectivity index (χ4n) is 2.24. The molecule has 1 aromatic rings. The first-order chi connectivity index (χ1) is 8.47. The van der Waals surface area contributed by atoms with Crippen molar-refractivity contribution in [1.29, 1.82) is 0 Å². The average molecular weight is 288 g/mol. The third kappa shape index (κ3) is 3.46. The van der Waals surface area contributed by atoms with Gasteiger partial charge in [-0.2, -0.15) is 0 Å². The summed E-state index contributed by atoms with van der Waals surface area (Å²) in [6, 6.07) is 6.99. The van der Waals surface area contributed by atoms with E-state index in [1.165, 1.54) is 0 Å². The molecule has 0 saturated heterocycles. The fourth-order valence-corrected chi connectivity index (χ4v) is 3.90. The zero-order valence-electron chi connectivity index (χ0n) is 10.4. The number of aryl methyl sites for hydroxylation is 1. The van der Waals surface area contributed by atoms with Crippen LogP contribution in [0.25, 0.3) is 0 Å². The van der Waals surface area contributed by atoms with Crippen LogP contribution in [0.15, 0.2) is 29.2 Å². The van der Waals surface area contributed by atoms with E-state index in [1.807, 2.05) is 13.0 Å². The first-order valence-electron chi connectivity index (χ1n) is 6.20. The minimum absolute atomic E-state index is 0.0190. The quantitative estimate of drug-likeness (QED) is 0.869. The second kappa shape index (κ2) is 5.59. The lowest BCUT2D eigenvalue weighted by molar-refractivity contribution is 0.416. The minimum atomic E-state index is -3.39. The van der Waals surface area contributed by atoms with Crippen molar-refractivity contribution < 1.29 is 8.42 Å². The summed E-state index contributed by atoms with van der Waals surface area (Å²) in [6.45, 7) is 1.89. The Hall–Kier alpha value is -0.580. The van der Waals surface area contributed by atoms with Gasteiger partial charge in [0.25, 0.3) is 0 Å². The molecule has 3 nitrogen and oxygen atoms in total. The van der Waals surface area contributed by atoms with E-state index in [-0.39, 0.29) is 11.4 Å². The molecule has 0 amide bonds. The van der Waals surface area contributed by atoms with Crippen LogP contribution in [0.5, 0.6) is 0 Å². The first kappa shape index (κ1) is 13.8. The van der Waals surface area contributed by atoms with Gasteiger partial charge >= 0.3 is 0 Å². The molecule has 5 heteroatoms. The number of sulfonamides is 1. The van der Waals surface area contributed by atoms with E-state index >= 15 is 0 Å². The third-order valence-corrected chi connectivity index (χ3v) is 5.23. The predicted octanol–water partition coefficient (Wildman–Crippen LogP) is 2.82. The molecule has 0 unspecified atom stereocenters. The molecule has 1 saturated carbocycles. The summed E-state index contributed by atoms with van der Waals surface area (Å²) in [7, 11) is -3.39. The summed E-state index contributed by atoms with van der Waals surface area (Å²) < 4.78 is 27.2. The van der Waals surface area contributed by atoms with Gasteiger partial charge in [-0.25, -0.2) is 13.1 Å². The SMILES string of the molecule is Cc1cccc(S(=O)(=O)NC2CCC(Cl)CC2)c1. The molecule has 1 aliphatic carbocycles. The van der Waals surface area contributed by atoms with Crippen molar-refractivity contribution >= 4 is 21.6 Å². The maximum absolute atomic E-state index is 12.2. The number of benzene rings is 1. The van der Waals surface area contributed by atoms with Crippen molar-refractivity contribution in [3.8, 4) is 0 Å². The van der Waals surface area contributed by atoms with Gasteiger partial charge in [-0.15, -0.1) is 11.6 Å². The van der Waals surface area contributed by atoms with Crippen LogP contribution in [0.1, 0.15) is 31.2 Å². The largest absolute Gasteiger partial charge is 0.240 e. The molecule has 1 aliphatic rings. The van der Waals surface area contributed by atoms with E-state index in [2.05, 4.69) is 4.72 Å². The Morgan fingerprint density at radius 1 is 1.22 bits per heavy atom. The average Bonchev–Trinajstić information content (AvgIpc) is 2.32. The van der Waals surface area contributed by atoms with Crippen molar-refractivity contribution in [2.24, 2.45) is 0 Å². The summed E-state index contributed by atoms with van der Waals surface area (Å²) >= 11 is 6.01. The molecular weight excluding hydrogens is 270 g/mol. The van der Waals surface area contributed by atoms with Crippen LogP contribution in [-0.2, 0) is 10.0 Å². The highest BCUT2D eigenvalue weighted by Crippen LogP contribution is 2.24.